The van der Waals surface area contributed by atoms with E-state index in [-0.39, 0.29) is 0 Å². The van der Waals surface area contributed by atoms with Crippen LogP contribution in [0.3, 0.4) is 0 Å². The van der Waals surface area contributed by atoms with Gasteiger partial charge in [0, 0.05) is 22.5 Å². The number of fused-ring (bicyclic) bond motifs is 1. The summed E-state index contributed by atoms with van der Waals surface area (Å²) in [4.78, 5) is 4.94. The number of aromatic nitrogens is 3. The summed E-state index contributed by atoms with van der Waals surface area (Å²) in [5, 5.41) is 8.51. The fourth-order valence-electron chi connectivity index (χ4n) is 3.98. The standard InChI is InChI=1S/C24H26N4/c1-6-21-17(4)25-24-22(19-10-8-7-9-11-19)18(5)27-28(24)23(21)26-20-13-15(2)12-16(3)14-20/h7-14,26H,6H2,1-5H3. The summed E-state index contributed by atoms with van der Waals surface area (Å²) in [6.45, 7) is 10.5. The molecule has 0 unspecified atom stereocenters. The van der Waals surface area contributed by atoms with E-state index in [0.717, 1.165) is 46.1 Å². The van der Waals surface area contributed by atoms with E-state index in [1.807, 2.05) is 10.6 Å². The summed E-state index contributed by atoms with van der Waals surface area (Å²) in [6.07, 6.45) is 0.890. The van der Waals surface area contributed by atoms with Crippen molar-refractivity contribution in [2.45, 2.75) is 41.0 Å². The van der Waals surface area contributed by atoms with E-state index < -0.39 is 0 Å². The van der Waals surface area contributed by atoms with Gasteiger partial charge in [-0.05, 0) is 62.9 Å². The second kappa shape index (κ2) is 7.12. The van der Waals surface area contributed by atoms with Crippen LogP contribution in [0.4, 0.5) is 11.5 Å². The van der Waals surface area contributed by atoms with Crippen molar-refractivity contribution in [1.29, 1.82) is 0 Å². The average molecular weight is 371 g/mol. The summed E-state index contributed by atoms with van der Waals surface area (Å²) in [5.74, 6) is 1.00. The molecule has 0 bridgehead atoms. The number of anilines is 2. The van der Waals surface area contributed by atoms with Crippen LogP contribution >= 0.6 is 0 Å². The van der Waals surface area contributed by atoms with Crippen LogP contribution in [0.25, 0.3) is 16.8 Å². The molecule has 0 aliphatic carbocycles. The molecular weight excluding hydrogens is 344 g/mol. The molecule has 0 amide bonds. The SMILES string of the molecule is CCc1c(C)nc2c(-c3ccccc3)c(C)nn2c1Nc1cc(C)cc(C)c1. The molecule has 1 N–H and O–H groups in total. The molecule has 0 radical (unpaired) electrons. The van der Waals surface area contributed by atoms with Gasteiger partial charge in [0.25, 0.3) is 0 Å². The molecule has 2 aromatic carbocycles. The van der Waals surface area contributed by atoms with Gasteiger partial charge in [0.15, 0.2) is 5.65 Å². The highest BCUT2D eigenvalue weighted by Crippen LogP contribution is 2.32. The lowest BCUT2D eigenvalue weighted by atomic mass is 10.1. The smallest absolute Gasteiger partial charge is 0.165 e. The number of rotatable bonds is 4. The molecule has 4 nitrogen and oxygen atoms in total. The van der Waals surface area contributed by atoms with Crippen molar-refractivity contribution in [2.75, 3.05) is 5.32 Å². The molecule has 4 heteroatoms. The van der Waals surface area contributed by atoms with Gasteiger partial charge < -0.3 is 5.32 Å². The third-order valence-corrected chi connectivity index (χ3v) is 5.14. The Kier molecular flexibility index (Phi) is 4.63. The van der Waals surface area contributed by atoms with E-state index in [0.29, 0.717) is 0 Å². The minimum atomic E-state index is 0.890. The monoisotopic (exact) mass is 370 g/mol. The van der Waals surface area contributed by atoms with E-state index in [2.05, 4.69) is 82.4 Å². The Morgan fingerprint density at radius 1 is 0.893 bits per heavy atom. The predicted octanol–water partition coefficient (Wildman–Crippen LogP) is 5.94. The van der Waals surface area contributed by atoms with Crippen molar-refractivity contribution in [3.05, 3.63) is 76.6 Å². The van der Waals surface area contributed by atoms with Crippen molar-refractivity contribution in [3.8, 4) is 11.1 Å². The lowest BCUT2D eigenvalue weighted by Gasteiger charge is -2.16. The first-order valence-corrected chi connectivity index (χ1v) is 9.77. The van der Waals surface area contributed by atoms with Gasteiger partial charge in [0.05, 0.1) is 5.69 Å². The van der Waals surface area contributed by atoms with Crippen molar-refractivity contribution in [3.63, 3.8) is 0 Å². The van der Waals surface area contributed by atoms with Crippen LogP contribution < -0.4 is 5.32 Å². The molecule has 142 valence electrons. The minimum absolute atomic E-state index is 0.890. The molecule has 4 rings (SSSR count). The number of nitrogens with one attached hydrogen (secondary N) is 1. The molecule has 0 saturated carbocycles. The van der Waals surface area contributed by atoms with Crippen molar-refractivity contribution >= 4 is 17.2 Å². The second-order valence-electron chi connectivity index (χ2n) is 7.44. The number of nitrogens with zero attached hydrogens (tertiary/aromatic N) is 3. The van der Waals surface area contributed by atoms with Gasteiger partial charge in [0.1, 0.15) is 5.82 Å². The maximum Gasteiger partial charge on any atom is 0.165 e. The Morgan fingerprint density at radius 3 is 2.21 bits per heavy atom. The highest BCUT2D eigenvalue weighted by molar-refractivity contribution is 5.82. The molecule has 0 aliphatic heterocycles. The molecule has 0 fully saturated rings. The summed E-state index contributed by atoms with van der Waals surface area (Å²) >= 11 is 0. The number of hydrogen-bond donors (Lipinski definition) is 1. The van der Waals surface area contributed by atoms with Crippen molar-refractivity contribution in [2.24, 2.45) is 0 Å². The summed E-state index contributed by atoms with van der Waals surface area (Å²) < 4.78 is 1.97. The zero-order valence-corrected chi connectivity index (χ0v) is 17.2. The third kappa shape index (κ3) is 3.15. The largest absolute Gasteiger partial charge is 0.340 e. The zero-order valence-electron chi connectivity index (χ0n) is 17.2. The molecule has 4 aromatic rings. The maximum atomic E-state index is 4.94. The van der Waals surface area contributed by atoms with Gasteiger partial charge in [0.2, 0.25) is 0 Å². The Hall–Kier alpha value is -3.14. The molecule has 2 heterocycles. The van der Waals surface area contributed by atoms with Crippen LogP contribution in [0.5, 0.6) is 0 Å². The van der Waals surface area contributed by atoms with Crippen LogP contribution in [-0.2, 0) is 6.42 Å². The molecule has 0 saturated heterocycles. The Balaban J connectivity index is 1.96. The van der Waals surface area contributed by atoms with Crippen LogP contribution in [0.1, 0.15) is 35.0 Å². The fraction of sp³-hybridized carbons (Fsp3) is 0.250. The predicted molar refractivity (Wildman–Crippen MR) is 116 cm³/mol. The van der Waals surface area contributed by atoms with E-state index in [1.165, 1.54) is 16.7 Å². The van der Waals surface area contributed by atoms with Gasteiger partial charge in [-0.1, -0.05) is 43.3 Å². The first-order valence-electron chi connectivity index (χ1n) is 9.77. The molecular formula is C24H26N4. The summed E-state index contributed by atoms with van der Waals surface area (Å²) in [5.41, 5.74) is 9.90. The van der Waals surface area contributed by atoms with Gasteiger partial charge in [-0.25, -0.2) is 4.98 Å². The van der Waals surface area contributed by atoms with E-state index in [1.54, 1.807) is 0 Å². The summed E-state index contributed by atoms with van der Waals surface area (Å²) in [7, 11) is 0. The number of benzene rings is 2. The first-order chi connectivity index (χ1) is 13.5. The van der Waals surface area contributed by atoms with E-state index in [4.69, 9.17) is 10.1 Å². The average Bonchev–Trinajstić information content (AvgIpc) is 2.97. The summed E-state index contributed by atoms with van der Waals surface area (Å²) in [6, 6.07) is 16.9. The molecule has 0 aliphatic rings. The Morgan fingerprint density at radius 2 is 1.57 bits per heavy atom. The number of hydrogen-bond acceptors (Lipinski definition) is 3. The Labute approximate surface area is 166 Å². The second-order valence-corrected chi connectivity index (χ2v) is 7.44. The van der Waals surface area contributed by atoms with Crippen LogP contribution in [-0.4, -0.2) is 14.6 Å². The van der Waals surface area contributed by atoms with Crippen LogP contribution in [0.2, 0.25) is 0 Å². The van der Waals surface area contributed by atoms with Crippen LogP contribution in [0, 0.1) is 27.7 Å². The molecule has 2 aromatic heterocycles. The lowest BCUT2D eigenvalue weighted by molar-refractivity contribution is 0.890. The topological polar surface area (TPSA) is 42.2 Å². The molecule has 0 spiro atoms. The maximum absolute atomic E-state index is 4.94. The van der Waals surface area contributed by atoms with Crippen LogP contribution in [0.15, 0.2) is 48.5 Å². The fourth-order valence-corrected chi connectivity index (χ4v) is 3.98. The lowest BCUT2D eigenvalue weighted by Crippen LogP contribution is -2.08. The van der Waals surface area contributed by atoms with Gasteiger partial charge in [-0.15, -0.1) is 0 Å². The first kappa shape index (κ1) is 18.2. The normalized spacial score (nSPS) is 11.2. The Bertz CT molecular complexity index is 1140. The molecule has 0 atom stereocenters. The highest BCUT2D eigenvalue weighted by Gasteiger charge is 2.19. The quantitative estimate of drug-likeness (QED) is 0.484. The van der Waals surface area contributed by atoms with E-state index >= 15 is 0 Å². The van der Waals surface area contributed by atoms with E-state index in [9.17, 15) is 0 Å². The van der Waals surface area contributed by atoms with Gasteiger partial charge in [-0.3, -0.25) is 0 Å². The minimum Gasteiger partial charge on any atom is -0.340 e. The highest BCUT2D eigenvalue weighted by atomic mass is 15.3. The van der Waals surface area contributed by atoms with Crippen molar-refractivity contribution in [1.82, 2.24) is 14.6 Å². The van der Waals surface area contributed by atoms with Gasteiger partial charge >= 0.3 is 0 Å². The number of aryl methyl sites for hydroxylation is 4. The zero-order chi connectivity index (χ0) is 19.8. The van der Waals surface area contributed by atoms with Crippen molar-refractivity contribution < 1.29 is 0 Å². The molecule has 28 heavy (non-hydrogen) atoms. The van der Waals surface area contributed by atoms with Gasteiger partial charge in [-0.2, -0.15) is 9.61 Å². The third-order valence-electron chi connectivity index (χ3n) is 5.14.